The highest BCUT2D eigenvalue weighted by molar-refractivity contribution is 6.36. The first-order valence-corrected chi connectivity index (χ1v) is 9.36. The Morgan fingerprint density at radius 3 is 2.38 bits per heavy atom. The highest BCUT2D eigenvalue weighted by Gasteiger charge is 2.13. The molecular formula is C22H16Cl2N2O3. The van der Waals surface area contributed by atoms with E-state index < -0.39 is 5.97 Å². The number of halogens is 2. The minimum Gasteiger partial charge on any atom is -0.423 e. The molecular weight excluding hydrogens is 411 g/mol. The van der Waals surface area contributed by atoms with E-state index in [0.717, 1.165) is 11.1 Å². The van der Waals surface area contributed by atoms with Crippen molar-refractivity contribution in [3.05, 3.63) is 99.0 Å². The van der Waals surface area contributed by atoms with E-state index in [1.165, 1.54) is 18.3 Å². The summed E-state index contributed by atoms with van der Waals surface area (Å²) in [5.74, 6) is -0.523. The molecule has 0 saturated carbocycles. The van der Waals surface area contributed by atoms with Crippen molar-refractivity contribution in [2.45, 2.75) is 6.92 Å². The largest absolute Gasteiger partial charge is 0.423 e. The number of carbonyl (C=O) groups is 2. The first-order valence-electron chi connectivity index (χ1n) is 8.60. The Morgan fingerprint density at radius 1 is 0.966 bits per heavy atom. The lowest BCUT2D eigenvalue weighted by molar-refractivity contribution is 0.0734. The number of hydrogen-bond acceptors (Lipinski definition) is 4. The van der Waals surface area contributed by atoms with Crippen molar-refractivity contribution >= 4 is 41.3 Å². The van der Waals surface area contributed by atoms with Crippen LogP contribution in [-0.2, 0) is 0 Å². The van der Waals surface area contributed by atoms with Gasteiger partial charge in [-0.1, -0.05) is 41.4 Å². The number of amides is 1. The zero-order valence-corrected chi connectivity index (χ0v) is 16.9. The molecule has 146 valence electrons. The molecule has 0 heterocycles. The zero-order chi connectivity index (χ0) is 20.8. The summed E-state index contributed by atoms with van der Waals surface area (Å²) in [4.78, 5) is 24.3. The van der Waals surface area contributed by atoms with Gasteiger partial charge in [-0.25, -0.2) is 10.2 Å². The topological polar surface area (TPSA) is 67.8 Å². The lowest BCUT2D eigenvalue weighted by Gasteiger charge is -2.06. The third-order valence-electron chi connectivity index (χ3n) is 4.01. The standard InChI is InChI=1S/C22H16Cl2N2O3/c1-14-4-2-3-5-18(14)21(27)26-25-13-15-6-9-17(10-7-15)29-22(28)19-11-8-16(23)12-20(19)24/h2-13H,1H3,(H,26,27). The molecule has 1 amide bonds. The molecule has 3 aromatic rings. The number of nitrogens with one attached hydrogen (secondary N) is 1. The molecule has 0 spiro atoms. The summed E-state index contributed by atoms with van der Waals surface area (Å²) in [5.41, 5.74) is 4.86. The van der Waals surface area contributed by atoms with Crippen LogP contribution in [0.4, 0.5) is 0 Å². The Hall–Kier alpha value is -3.15. The van der Waals surface area contributed by atoms with Gasteiger partial charge in [-0.2, -0.15) is 5.10 Å². The van der Waals surface area contributed by atoms with Gasteiger partial charge in [0.1, 0.15) is 5.75 Å². The fourth-order valence-electron chi connectivity index (χ4n) is 2.49. The Bertz CT molecular complexity index is 1080. The predicted molar refractivity (Wildman–Crippen MR) is 114 cm³/mol. The number of carbonyl (C=O) groups excluding carboxylic acids is 2. The minimum absolute atomic E-state index is 0.218. The minimum atomic E-state index is -0.585. The van der Waals surface area contributed by atoms with Crippen molar-refractivity contribution < 1.29 is 14.3 Å². The number of nitrogens with zero attached hydrogens (tertiary/aromatic N) is 1. The van der Waals surface area contributed by atoms with Gasteiger partial charge in [0, 0.05) is 10.6 Å². The number of hydrazone groups is 1. The number of aryl methyl sites for hydroxylation is 1. The van der Waals surface area contributed by atoms with E-state index in [4.69, 9.17) is 27.9 Å². The van der Waals surface area contributed by atoms with E-state index in [-0.39, 0.29) is 16.5 Å². The van der Waals surface area contributed by atoms with E-state index >= 15 is 0 Å². The Labute approximate surface area is 177 Å². The summed E-state index contributed by atoms with van der Waals surface area (Å²) in [6.07, 6.45) is 1.50. The number of benzene rings is 3. The maximum Gasteiger partial charge on any atom is 0.345 e. The van der Waals surface area contributed by atoms with E-state index in [9.17, 15) is 9.59 Å². The van der Waals surface area contributed by atoms with Gasteiger partial charge < -0.3 is 4.74 Å². The monoisotopic (exact) mass is 426 g/mol. The molecule has 29 heavy (non-hydrogen) atoms. The van der Waals surface area contributed by atoms with Gasteiger partial charge in [0.05, 0.1) is 16.8 Å². The molecule has 3 aromatic carbocycles. The van der Waals surface area contributed by atoms with Crippen molar-refractivity contribution in [2.24, 2.45) is 5.10 Å². The summed E-state index contributed by atoms with van der Waals surface area (Å²) >= 11 is 11.8. The second kappa shape index (κ2) is 9.37. The van der Waals surface area contributed by atoms with Crippen LogP contribution in [0.15, 0.2) is 71.8 Å². The number of ether oxygens (including phenoxy) is 1. The average molecular weight is 427 g/mol. The first-order chi connectivity index (χ1) is 13.9. The van der Waals surface area contributed by atoms with Crippen LogP contribution in [-0.4, -0.2) is 18.1 Å². The van der Waals surface area contributed by atoms with Crippen LogP contribution in [0.5, 0.6) is 5.75 Å². The predicted octanol–water partition coefficient (Wildman–Crippen LogP) is 5.28. The second-order valence-corrected chi connectivity index (χ2v) is 6.94. The van der Waals surface area contributed by atoms with Gasteiger partial charge in [-0.05, 0) is 66.6 Å². The van der Waals surface area contributed by atoms with Gasteiger partial charge >= 0.3 is 5.97 Å². The quantitative estimate of drug-likeness (QED) is 0.261. The molecule has 3 rings (SSSR count). The first kappa shape index (κ1) is 20.6. The Morgan fingerprint density at radius 2 is 1.69 bits per heavy atom. The lowest BCUT2D eigenvalue weighted by Crippen LogP contribution is -2.18. The van der Waals surface area contributed by atoms with Crippen LogP contribution in [0.2, 0.25) is 10.0 Å². The van der Waals surface area contributed by atoms with E-state index in [1.807, 2.05) is 19.1 Å². The molecule has 0 aromatic heterocycles. The van der Waals surface area contributed by atoms with E-state index in [1.54, 1.807) is 42.5 Å². The molecule has 5 nitrogen and oxygen atoms in total. The van der Waals surface area contributed by atoms with Crippen molar-refractivity contribution in [2.75, 3.05) is 0 Å². The summed E-state index contributed by atoms with van der Waals surface area (Å²) in [7, 11) is 0. The Kier molecular flexibility index (Phi) is 6.65. The highest BCUT2D eigenvalue weighted by Crippen LogP contribution is 2.23. The zero-order valence-electron chi connectivity index (χ0n) is 15.4. The van der Waals surface area contributed by atoms with Crippen LogP contribution < -0.4 is 10.2 Å². The van der Waals surface area contributed by atoms with Gasteiger partial charge in [0.15, 0.2) is 0 Å². The molecule has 0 fully saturated rings. The smallest absolute Gasteiger partial charge is 0.345 e. The number of hydrogen-bond donors (Lipinski definition) is 1. The molecule has 0 radical (unpaired) electrons. The van der Waals surface area contributed by atoms with Crippen LogP contribution in [0, 0.1) is 6.92 Å². The molecule has 0 unspecified atom stereocenters. The molecule has 0 saturated heterocycles. The van der Waals surface area contributed by atoms with Crippen LogP contribution in [0.1, 0.15) is 31.8 Å². The van der Waals surface area contributed by atoms with E-state index in [2.05, 4.69) is 10.5 Å². The molecule has 0 atom stereocenters. The van der Waals surface area contributed by atoms with Crippen molar-refractivity contribution in [3.63, 3.8) is 0 Å². The fourth-order valence-corrected chi connectivity index (χ4v) is 2.98. The summed E-state index contributed by atoms with van der Waals surface area (Å²) in [6.45, 7) is 1.86. The third kappa shape index (κ3) is 5.44. The van der Waals surface area contributed by atoms with Gasteiger partial charge in [0.2, 0.25) is 0 Å². The Balaban J connectivity index is 1.60. The number of rotatable bonds is 5. The van der Waals surface area contributed by atoms with Crippen molar-refractivity contribution in [1.82, 2.24) is 5.43 Å². The normalized spacial score (nSPS) is 10.7. The summed E-state index contributed by atoms with van der Waals surface area (Å²) in [6, 6.07) is 18.4. The van der Waals surface area contributed by atoms with E-state index in [0.29, 0.717) is 16.3 Å². The average Bonchev–Trinajstić information content (AvgIpc) is 2.69. The molecule has 0 bridgehead atoms. The van der Waals surface area contributed by atoms with Crippen LogP contribution in [0.25, 0.3) is 0 Å². The highest BCUT2D eigenvalue weighted by atomic mass is 35.5. The lowest BCUT2D eigenvalue weighted by atomic mass is 10.1. The third-order valence-corrected chi connectivity index (χ3v) is 4.56. The van der Waals surface area contributed by atoms with Gasteiger partial charge in [-0.15, -0.1) is 0 Å². The number of esters is 1. The molecule has 7 heteroatoms. The van der Waals surface area contributed by atoms with Gasteiger partial charge in [0.25, 0.3) is 5.91 Å². The summed E-state index contributed by atoms with van der Waals surface area (Å²) in [5, 5.41) is 4.61. The van der Waals surface area contributed by atoms with Crippen LogP contribution >= 0.6 is 23.2 Å². The van der Waals surface area contributed by atoms with Gasteiger partial charge in [-0.3, -0.25) is 4.79 Å². The maximum absolute atomic E-state index is 12.2. The maximum atomic E-state index is 12.2. The second-order valence-electron chi connectivity index (χ2n) is 6.10. The van der Waals surface area contributed by atoms with Crippen LogP contribution in [0.3, 0.4) is 0 Å². The van der Waals surface area contributed by atoms with Crippen molar-refractivity contribution in [3.8, 4) is 5.75 Å². The molecule has 0 aliphatic carbocycles. The molecule has 0 aliphatic heterocycles. The molecule has 0 aliphatic rings. The fraction of sp³-hybridized carbons (Fsp3) is 0.0455. The SMILES string of the molecule is Cc1ccccc1C(=O)NN=Cc1ccc(OC(=O)c2ccc(Cl)cc2Cl)cc1. The molecule has 1 N–H and O–H groups in total. The van der Waals surface area contributed by atoms with Crippen molar-refractivity contribution in [1.29, 1.82) is 0 Å². The summed E-state index contributed by atoms with van der Waals surface area (Å²) < 4.78 is 5.31.